The molecular weight excluding hydrogens is 316 g/mol. The lowest BCUT2D eigenvalue weighted by Gasteiger charge is -2.35. The van der Waals surface area contributed by atoms with Crippen molar-refractivity contribution in [1.82, 2.24) is 10.2 Å². The maximum atomic E-state index is 12.4. The summed E-state index contributed by atoms with van der Waals surface area (Å²) in [5, 5.41) is 12.8. The van der Waals surface area contributed by atoms with Crippen molar-refractivity contribution >= 4 is 23.5 Å². The number of nitrogens with zero attached hydrogens (tertiary/aromatic N) is 1. The Labute approximate surface area is 141 Å². The monoisotopic (exact) mass is 338 g/mol. The lowest BCUT2D eigenvalue weighted by atomic mass is 9.97. The number of benzene rings is 1. The van der Waals surface area contributed by atoms with Crippen molar-refractivity contribution in [2.75, 3.05) is 13.1 Å². The van der Waals surface area contributed by atoms with Crippen LogP contribution in [0.2, 0.25) is 5.02 Å². The summed E-state index contributed by atoms with van der Waals surface area (Å²) in [6.07, 6.45) is 1.49. The van der Waals surface area contributed by atoms with Crippen molar-refractivity contribution < 1.29 is 14.7 Å². The third kappa shape index (κ3) is 4.69. The average Bonchev–Trinajstić information content (AvgIpc) is 2.54. The van der Waals surface area contributed by atoms with E-state index in [-0.39, 0.29) is 23.9 Å². The van der Waals surface area contributed by atoms with E-state index in [0.717, 1.165) is 18.5 Å². The molecule has 1 aliphatic heterocycles. The maximum Gasteiger partial charge on any atom is 0.307 e. The van der Waals surface area contributed by atoms with Gasteiger partial charge in [0.2, 0.25) is 5.91 Å². The van der Waals surface area contributed by atoms with Crippen molar-refractivity contribution in [2.24, 2.45) is 5.92 Å². The first-order valence-electron chi connectivity index (χ1n) is 7.91. The summed E-state index contributed by atoms with van der Waals surface area (Å²) in [6.45, 7) is 4.94. The minimum Gasteiger partial charge on any atom is -0.481 e. The molecule has 0 saturated carbocycles. The van der Waals surface area contributed by atoms with Crippen LogP contribution in [0.25, 0.3) is 0 Å². The molecule has 3 atom stereocenters. The van der Waals surface area contributed by atoms with E-state index in [2.05, 4.69) is 5.32 Å². The summed E-state index contributed by atoms with van der Waals surface area (Å²) < 4.78 is 0. The van der Waals surface area contributed by atoms with Crippen LogP contribution in [0.3, 0.4) is 0 Å². The van der Waals surface area contributed by atoms with Gasteiger partial charge in [-0.05, 0) is 50.9 Å². The number of carbonyl (C=O) groups is 2. The summed E-state index contributed by atoms with van der Waals surface area (Å²) in [6, 6.07) is 6.91. The lowest BCUT2D eigenvalue weighted by molar-refractivity contribution is -0.145. The van der Waals surface area contributed by atoms with Crippen molar-refractivity contribution in [1.29, 1.82) is 0 Å². The topological polar surface area (TPSA) is 69.6 Å². The third-order valence-corrected chi connectivity index (χ3v) is 4.71. The van der Waals surface area contributed by atoms with E-state index in [1.807, 2.05) is 30.9 Å². The number of amides is 1. The number of rotatable bonds is 5. The largest absolute Gasteiger partial charge is 0.481 e. The first-order chi connectivity index (χ1) is 10.9. The quantitative estimate of drug-likeness (QED) is 0.866. The number of aliphatic carboxylic acids is 1. The van der Waals surface area contributed by atoms with E-state index in [1.54, 1.807) is 12.1 Å². The van der Waals surface area contributed by atoms with E-state index >= 15 is 0 Å². The fourth-order valence-corrected chi connectivity index (χ4v) is 3.02. The van der Waals surface area contributed by atoms with E-state index in [1.165, 1.54) is 0 Å². The summed E-state index contributed by atoms with van der Waals surface area (Å²) in [5.41, 5.74) is 0.983. The molecule has 0 bridgehead atoms. The SMILES string of the molecule is CC(NC(=O)C(C)N1CCCC(C(=O)O)C1)c1ccc(Cl)cc1. The first kappa shape index (κ1) is 17.8. The normalized spacial score (nSPS) is 21.4. The highest BCUT2D eigenvalue weighted by molar-refractivity contribution is 6.30. The zero-order valence-corrected chi connectivity index (χ0v) is 14.2. The smallest absolute Gasteiger partial charge is 0.307 e. The van der Waals surface area contributed by atoms with E-state index in [4.69, 9.17) is 16.7 Å². The Balaban J connectivity index is 1.94. The molecule has 126 valence electrons. The molecule has 1 fully saturated rings. The molecule has 6 heteroatoms. The predicted molar refractivity (Wildman–Crippen MR) is 89.4 cm³/mol. The first-order valence-corrected chi connectivity index (χ1v) is 8.29. The Morgan fingerprint density at radius 1 is 1.30 bits per heavy atom. The highest BCUT2D eigenvalue weighted by atomic mass is 35.5. The number of carbonyl (C=O) groups excluding carboxylic acids is 1. The molecule has 0 aliphatic carbocycles. The minimum absolute atomic E-state index is 0.0847. The number of carboxylic acid groups (broad SMARTS) is 1. The molecular formula is C17H23ClN2O3. The summed E-state index contributed by atoms with van der Waals surface area (Å²) in [4.78, 5) is 25.5. The molecule has 5 nitrogen and oxygen atoms in total. The molecule has 23 heavy (non-hydrogen) atoms. The van der Waals surface area contributed by atoms with E-state index in [0.29, 0.717) is 18.0 Å². The molecule has 1 aliphatic rings. The van der Waals surface area contributed by atoms with Crippen LogP contribution in [-0.2, 0) is 9.59 Å². The van der Waals surface area contributed by atoms with Crippen LogP contribution in [0.15, 0.2) is 24.3 Å². The second-order valence-corrected chi connectivity index (χ2v) is 6.57. The number of hydrogen-bond acceptors (Lipinski definition) is 3. The lowest BCUT2D eigenvalue weighted by Crippen LogP contribution is -2.50. The van der Waals surface area contributed by atoms with Crippen LogP contribution < -0.4 is 5.32 Å². The number of carboxylic acids is 1. The third-order valence-electron chi connectivity index (χ3n) is 4.46. The molecule has 2 N–H and O–H groups in total. The average molecular weight is 339 g/mol. The van der Waals surface area contributed by atoms with Crippen LogP contribution in [0, 0.1) is 5.92 Å². The Kier molecular flexibility index (Phi) is 6.02. The summed E-state index contributed by atoms with van der Waals surface area (Å²) in [7, 11) is 0. The van der Waals surface area contributed by atoms with Gasteiger partial charge in [0.1, 0.15) is 0 Å². The van der Waals surface area contributed by atoms with Gasteiger partial charge in [0.15, 0.2) is 0 Å². The van der Waals surface area contributed by atoms with Gasteiger partial charge in [0.25, 0.3) is 0 Å². The molecule has 1 aromatic carbocycles. The number of nitrogens with one attached hydrogen (secondary N) is 1. The predicted octanol–water partition coefficient (Wildman–Crippen LogP) is 2.70. The van der Waals surface area contributed by atoms with Gasteiger partial charge in [-0.25, -0.2) is 0 Å². The van der Waals surface area contributed by atoms with Crippen LogP contribution in [0.1, 0.15) is 38.3 Å². The molecule has 2 rings (SSSR count). The molecule has 0 spiro atoms. The Hall–Kier alpha value is -1.59. The molecule has 1 saturated heterocycles. The zero-order chi connectivity index (χ0) is 17.0. The highest BCUT2D eigenvalue weighted by Crippen LogP contribution is 2.20. The van der Waals surface area contributed by atoms with Crippen LogP contribution in [-0.4, -0.2) is 41.0 Å². The molecule has 1 aromatic rings. The fourth-order valence-electron chi connectivity index (χ4n) is 2.89. The molecule has 1 amide bonds. The number of piperidine rings is 1. The minimum atomic E-state index is -0.781. The molecule has 3 unspecified atom stereocenters. The second-order valence-electron chi connectivity index (χ2n) is 6.13. The Morgan fingerprint density at radius 2 is 1.96 bits per heavy atom. The van der Waals surface area contributed by atoms with Gasteiger partial charge in [-0.1, -0.05) is 23.7 Å². The molecule has 0 radical (unpaired) electrons. The Morgan fingerprint density at radius 3 is 2.57 bits per heavy atom. The number of likely N-dealkylation sites (tertiary alicyclic amines) is 1. The van der Waals surface area contributed by atoms with E-state index in [9.17, 15) is 9.59 Å². The van der Waals surface area contributed by atoms with Crippen molar-refractivity contribution in [2.45, 2.75) is 38.8 Å². The standard InChI is InChI=1S/C17H23ClN2O3/c1-11(13-5-7-15(18)8-6-13)19-16(21)12(2)20-9-3-4-14(10-20)17(22)23/h5-8,11-12,14H,3-4,9-10H2,1-2H3,(H,19,21)(H,22,23). The summed E-state index contributed by atoms with van der Waals surface area (Å²) >= 11 is 5.87. The highest BCUT2D eigenvalue weighted by Gasteiger charge is 2.31. The van der Waals surface area contributed by atoms with Crippen molar-refractivity contribution in [3.8, 4) is 0 Å². The van der Waals surface area contributed by atoms with Gasteiger partial charge in [-0.15, -0.1) is 0 Å². The van der Waals surface area contributed by atoms with Gasteiger partial charge < -0.3 is 10.4 Å². The zero-order valence-electron chi connectivity index (χ0n) is 13.5. The Bertz CT molecular complexity index is 561. The fraction of sp³-hybridized carbons (Fsp3) is 0.529. The van der Waals surface area contributed by atoms with Gasteiger partial charge >= 0.3 is 5.97 Å². The van der Waals surface area contributed by atoms with Crippen LogP contribution in [0.5, 0.6) is 0 Å². The van der Waals surface area contributed by atoms with E-state index < -0.39 is 5.97 Å². The van der Waals surface area contributed by atoms with Crippen molar-refractivity contribution in [3.63, 3.8) is 0 Å². The van der Waals surface area contributed by atoms with Gasteiger partial charge in [0, 0.05) is 11.6 Å². The van der Waals surface area contributed by atoms with Crippen molar-refractivity contribution in [3.05, 3.63) is 34.9 Å². The van der Waals surface area contributed by atoms with Crippen LogP contribution >= 0.6 is 11.6 Å². The van der Waals surface area contributed by atoms with Crippen LogP contribution in [0.4, 0.5) is 0 Å². The number of hydrogen-bond donors (Lipinski definition) is 2. The summed E-state index contributed by atoms with van der Waals surface area (Å²) in [5.74, 6) is -1.25. The maximum absolute atomic E-state index is 12.4. The molecule has 0 aromatic heterocycles. The second kappa shape index (κ2) is 7.79. The number of halogens is 1. The molecule has 1 heterocycles. The van der Waals surface area contributed by atoms with Gasteiger partial charge in [-0.2, -0.15) is 0 Å². The van der Waals surface area contributed by atoms with Gasteiger partial charge in [-0.3, -0.25) is 14.5 Å². The van der Waals surface area contributed by atoms with Gasteiger partial charge in [0.05, 0.1) is 18.0 Å².